The van der Waals surface area contributed by atoms with Gasteiger partial charge in [0, 0.05) is 41.4 Å². The minimum Gasteiger partial charge on any atom is -0.377 e. The zero-order valence-corrected chi connectivity index (χ0v) is 20.2. The number of nitrogens with one attached hydrogen (secondary N) is 1. The predicted molar refractivity (Wildman–Crippen MR) is 131 cm³/mol. The van der Waals surface area contributed by atoms with Crippen molar-refractivity contribution in [2.24, 2.45) is 17.8 Å². The van der Waals surface area contributed by atoms with E-state index in [1.54, 1.807) is 6.07 Å². The van der Waals surface area contributed by atoms with Crippen LogP contribution in [0.1, 0.15) is 44.2 Å². The van der Waals surface area contributed by atoms with E-state index in [1.807, 2.05) is 49.3 Å². The molecule has 0 atom stereocenters. The number of aromatic nitrogens is 1. The molecule has 1 aromatic heterocycles. The van der Waals surface area contributed by atoms with Crippen LogP contribution < -0.4 is 9.62 Å². The molecule has 4 fully saturated rings. The standard InChI is InChI=1S/C25H29N3O2S2/c1-28(2)21-7-3-6-20-19(21)5-4-8-22(20)32(29,30)27-24-26-23(15-31-24)25-12-16-9-17(13-25)11-18(10-16)14-25/h3-8,15-18H,9-14H2,1-2H3,(H,26,27). The third kappa shape index (κ3) is 3.24. The van der Waals surface area contributed by atoms with Gasteiger partial charge >= 0.3 is 0 Å². The van der Waals surface area contributed by atoms with Gasteiger partial charge in [0.05, 0.1) is 10.6 Å². The molecule has 0 aliphatic heterocycles. The van der Waals surface area contributed by atoms with Crippen LogP contribution in [0.25, 0.3) is 10.8 Å². The Morgan fingerprint density at radius 2 is 1.59 bits per heavy atom. The summed E-state index contributed by atoms with van der Waals surface area (Å²) in [4.78, 5) is 7.16. The van der Waals surface area contributed by atoms with Crippen LogP contribution in [-0.2, 0) is 15.4 Å². The van der Waals surface area contributed by atoms with Crippen LogP contribution >= 0.6 is 11.3 Å². The van der Waals surface area contributed by atoms with Gasteiger partial charge in [-0.2, -0.15) is 0 Å². The number of fused-ring (bicyclic) bond motifs is 1. The van der Waals surface area contributed by atoms with Crippen LogP contribution in [0, 0.1) is 17.8 Å². The van der Waals surface area contributed by atoms with Gasteiger partial charge < -0.3 is 4.90 Å². The molecular weight excluding hydrogens is 438 g/mol. The number of anilines is 2. The fraction of sp³-hybridized carbons (Fsp3) is 0.480. The highest BCUT2D eigenvalue weighted by atomic mass is 32.2. The van der Waals surface area contributed by atoms with E-state index >= 15 is 0 Å². The van der Waals surface area contributed by atoms with E-state index in [9.17, 15) is 8.42 Å². The molecular formula is C25H29N3O2S2. The predicted octanol–water partition coefficient (Wildman–Crippen LogP) is 5.63. The molecule has 7 rings (SSSR count). The van der Waals surface area contributed by atoms with Crippen molar-refractivity contribution in [2.75, 3.05) is 23.7 Å². The Hall–Kier alpha value is -2.12. The highest BCUT2D eigenvalue weighted by molar-refractivity contribution is 7.93. The normalized spacial score (nSPS) is 28.9. The van der Waals surface area contributed by atoms with Gasteiger partial charge in [-0.25, -0.2) is 13.4 Å². The fourth-order valence-electron chi connectivity index (χ4n) is 7.05. The molecule has 5 nitrogen and oxygen atoms in total. The second-order valence-corrected chi connectivity index (χ2v) is 12.9. The Kier molecular flexibility index (Phi) is 4.60. The van der Waals surface area contributed by atoms with Crippen LogP contribution in [0.3, 0.4) is 0 Å². The summed E-state index contributed by atoms with van der Waals surface area (Å²) in [5.41, 5.74) is 2.29. The summed E-state index contributed by atoms with van der Waals surface area (Å²) in [5, 5.41) is 4.24. The van der Waals surface area contributed by atoms with Crippen molar-refractivity contribution in [1.82, 2.24) is 4.98 Å². The molecule has 1 N–H and O–H groups in total. The summed E-state index contributed by atoms with van der Waals surface area (Å²) in [6.07, 6.45) is 7.85. The molecule has 0 amide bonds. The second kappa shape index (κ2) is 7.19. The number of rotatable bonds is 5. The van der Waals surface area contributed by atoms with E-state index < -0.39 is 10.0 Å². The van der Waals surface area contributed by atoms with Gasteiger partial charge in [0.1, 0.15) is 0 Å². The Morgan fingerprint density at radius 3 is 2.25 bits per heavy atom. The molecule has 4 saturated carbocycles. The molecule has 0 unspecified atom stereocenters. The summed E-state index contributed by atoms with van der Waals surface area (Å²) >= 11 is 1.42. The van der Waals surface area contributed by atoms with Gasteiger partial charge in [-0.1, -0.05) is 24.3 Å². The Bertz CT molecular complexity index is 1260. The van der Waals surface area contributed by atoms with Crippen molar-refractivity contribution in [2.45, 2.75) is 48.8 Å². The highest BCUT2D eigenvalue weighted by Crippen LogP contribution is 2.60. The van der Waals surface area contributed by atoms with Crippen LogP contribution in [0.5, 0.6) is 0 Å². The first-order valence-electron chi connectivity index (χ1n) is 11.5. The molecule has 0 saturated heterocycles. The number of hydrogen-bond acceptors (Lipinski definition) is 5. The first-order valence-corrected chi connectivity index (χ1v) is 13.9. The number of hydrogen-bond donors (Lipinski definition) is 1. The van der Waals surface area contributed by atoms with Crippen LogP contribution in [0.2, 0.25) is 0 Å². The van der Waals surface area contributed by atoms with Crippen molar-refractivity contribution in [3.8, 4) is 0 Å². The maximum atomic E-state index is 13.4. The lowest BCUT2D eigenvalue weighted by atomic mass is 9.49. The maximum Gasteiger partial charge on any atom is 0.264 e. The lowest BCUT2D eigenvalue weighted by Gasteiger charge is -2.56. The number of sulfonamides is 1. The smallest absolute Gasteiger partial charge is 0.264 e. The zero-order chi connectivity index (χ0) is 22.1. The summed E-state index contributed by atoms with van der Waals surface area (Å²) < 4.78 is 29.6. The Morgan fingerprint density at radius 1 is 0.969 bits per heavy atom. The molecule has 4 bridgehead atoms. The largest absolute Gasteiger partial charge is 0.377 e. The Balaban J connectivity index is 1.32. The maximum absolute atomic E-state index is 13.4. The number of thiazole rings is 1. The van der Waals surface area contributed by atoms with Crippen molar-refractivity contribution < 1.29 is 8.42 Å². The van der Waals surface area contributed by atoms with Gasteiger partial charge in [-0.3, -0.25) is 4.72 Å². The van der Waals surface area contributed by atoms with E-state index in [2.05, 4.69) is 10.1 Å². The SMILES string of the molecule is CN(C)c1cccc2c(S(=O)(=O)Nc3nc(C45CC6CC(CC(C6)C4)C5)cs3)cccc12. The van der Waals surface area contributed by atoms with E-state index in [0.29, 0.717) is 10.0 Å². The Labute approximate surface area is 193 Å². The lowest BCUT2D eigenvalue weighted by molar-refractivity contribution is -0.00688. The molecule has 4 aliphatic carbocycles. The van der Waals surface area contributed by atoms with E-state index in [1.165, 1.54) is 49.9 Å². The molecule has 7 heteroatoms. The molecule has 168 valence electrons. The van der Waals surface area contributed by atoms with E-state index in [0.717, 1.165) is 39.9 Å². The number of benzene rings is 2. The molecule has 2 aromatic carbocycles. The molecule has 4 aliphatic rings. The minimum atomic E-state index is -3.75. The molecule has 0 spiro atoms. The van der Waals surface area contributed by atoms with E-state index in [-0.39, 0.29) is 5.41 Å². The topological polar surface area (TPSA) is 62.3 Å². The van der Waals surface area contributed by atoms with Gasteiger partial charge in [-0.05, 0) is 68.4 Å². The van der Waals surface area contributed by atoms with Crippen LogP contribution in [0.4, 0.5) is 10.8 Å². The van der Waals surface area contributed by atoms with Gasteiger partial charge in [0.2, 0.25) is 0 Å². The molecule has 1 heterocycles. The zero-order valence-electron chi connectivity index (χ0n) is 18.5. The third-order valence-electron chi connectivity index (χ3n) is 7.94. The lowest BCUT2D eigenvalue weighted by Crippen LogP contribution is -2.48. The second-order valence-electron chi connectivity index (χ2n) is 10.4. The fourth-order valence-corrected chi connectivity index (χ4v) is 9.36. The van der Waals surface area contributed by atoms with Gasteiger partial charge in [0.15, 0.2) is 5.13 Å². The first-order chi connectivity index (χ1) is 15.3. The van der Waals surface area contributed by atoms with Crippen molar-refractivity contribution in [3.05, 3.63) is 47.5 Å². The summed E-state index contributed by atoms with van der Waals surface area (Å²) in [7, 11) is 0.190. The monoisotopic (exact) mass is 467 g/mol. The first kappa shape index (κ1) is 20.5. The van der Waals surface area contributed by atoms with Crippen molar-refractivity contribution >= 4 is 43.0 Å². The van der Waals surface area contributed by atoms with Crippen molar-refractivity contribution in [3.63, 3.8) is 0 Å². The quantitative estimate of drug-likeness (QED) is 0.528. The molecule has 3 aromatic rings. The van der Waals surface area contributed by atoms with Crippen LogP contribution in [-0.4, -0.2) is 27.5 Å². The summed E-state index contributed by atoms with van der Waals surface area (Å²) in [5.74, 6) is 2.51. The average molecular weight is 468 g/mol. The van der Waals surface area contributed by atoms with Crippen molar-refractivity contribution in [1.29, 1.82) is 0 Å². The highest BCUT2D eigenvalue weighted by Gasteiger charge is 2.52. The van der Waals surface area contributed by atoms with Gasteiger partial charge in [0.25, 0.3) is 10.0 Å². The summed E-state index contributed by atoms with van der Waals surface area (Å²) in [6, 6.07) is 11.2. The van der Waals surface area contributed by atoms with Gasteiger partial charge in [-0.15, -0.1) is 11.3 Å². The molecule has 0 radical (unpaired) electrons. The van der Waals surface area contributed by atoms with Crippen LogP contribution in [0.15, 0.2) is 46.7 Å². The average Bonchev–Trinajstić information content (AvgIpc) is 3.20. The minimum absolute atomic E-state index is 0.176. The summed E-state index contributed by atoms with van der Waals surface area (Å²) in [6.45, 7) is 0. The van der Waals surface area contributed by atoms with E-state index in [4.69, 9.17) is 4.98 Å². The molecule has 32 heavy (non-hydrogen) atoms. The third-order valence-corrected chi connectivity index (χ3v) is 10.2. The number of nitrogens with zero attached hydrogens (tertiary/aromatic N) is 2.